The average Bonchev–Trinajstić information content (AvgIpc) is 2.83. The lowest BCUT2D eigenvalue weighted by atomic mass is 10.0. The molecule has 0 radical (unpaired) electrons. The predicted molar refractivity (Wildman–Crippen MR) is 102 cm³/mol. The quantitative estimate of drug-likeness (QED) is 0.878. The second-order valence-corrected chi connectivity index (χ2v) is 9.60. The summed E-state index contributed by atoms with van der Waals surface area (Å²) in [5.41, 5.74) is 2.89. The third-order valence-corrected chi connectivity index (χ3v) is 6.15. The Labute approximate surface area is 152 Å². The lowest BCUT2D eigenvalue weighted by Crippen LogP contribution is -2.12. The molecule has 1 aliphatic rings. The van der Waals surface area contributed by atoms with Gasteiger partial charge < -0.3 is 0 Å². The molecule has 1 aliphatic heterocycles. The Morgan fingerprint density at radius 3 is 2.44 bits per heavy atom. The summed E-state index contributed by atoms with van der Waals surface area (Å²) in [6.45, 7) is 8.44. The molecule has 134 valence electrons. The van der Waals surface area contributed by atoms with Crippen molar-refractivity contribution in [2.45, 2.75) is 44.3 Å². The Kier molecular flexibility index (Phi) is 4.78. The molecule has 3 rings (SSSR count). The fourth-order valence-electron chi connectivity index (χ4n) is 3.00. The van der Waals surface area contributed by atoms with Gasteiger partial charge in [-0.05, 0) is 50.5 Å². The highest BCUT2D eigenvalue weighted by atomic mass is 32.2. The molecule has 0 bridgehead atoms. The number of nitrogens with two attached hydrogens (primary N) is 1. The van der Waals surface area contributed by atoms with Gasteiger partial charge in [-0.1, -0.05) is 13.8 Å². The van der Waals surface area contributed by atoms with E-state index >= 15 is 0 Å². The zero-order chi connectivity index (χ0) is 18.4. The van der Waals surface area contributed by atoms with E-state index in [9.17, 15) is 8.42 Å². The van der Waals surface area contributed by atoms with Crippen molar-refractivity contribution in [1.82, 2.24) is 9.78 Å². The van der Waals surface area contributed by atoms with E-state index in [1.807, 2.05) is 13.8 Å². The van der Waals surface area contributed by atoms with Crippen LogP contribution in [0.4, 0.5) is 5.82 Å². The van der Waals surface area contributed by atoms with E-state index in [2.05, 4.69) is 18.9 Å². The van der Waals surface area contributed by atoms with Gasteiger partial charge in [-0.15, -0.1) is 11.8 Å². The van der Waals surface area contributed by atoms with E-state index in [0.29, 0.717) is 11.2 Å². The molecule has 2 aromatic rings. The molecule has 8 heteroatoms. The van der Waals surface area contributed by atoms with Gasteiger partial charge in [0.25, 0.3) is 0 Å². The summed E-state index contributed by atoms with van der Waals surface area (Å²) in [5, 5.41) is 11.2. The van der Waals surface area contributed by atoms with Crippen molar-refractivity contribution in [2.75, 3.05) is 0 Å². The van der Waals surface area contributed by atoms with Crippen LogP contribution in [-0.4, -0.2) is 23.2 Å². The molecule has 1 aromatic heterocycles. The van der Waals surface area contributed by atoms with E-state index in [-0.39, 0.29) is 4.90 Å². The fourth-order valence-corrected chi connectivity index (χ4v) is 4.94. The molecule has 1 atom stereocenters. The maximum absolute atomic E-state index is 11.4. The van der Waals surface area contributed by atoms with E-state index in [4.69, 9.17) is 10.1 Å². The first-order valence-electron chi connectivity index (χ1n) is 8.11. The maximum Gasteiger partial charge on any atom is 0.238 e. The van der Waals surface area contributed by atoms with Crippen LogP contribution < -0.4 is 5.14 Å². The molecule has 0 saturated heterocycles. The molecular weight excluding hydrogens is 356 g/mol. The second-order valence-electron chi connectivity index (χ2n) is 6.64. The van der Waals surface area contributed by atoms with E-state index in [0.717, 1.165) is 28.7 Å². The number of nitrogens with zero attached hydrogens (tertiary/aromatic N) is 3. The molecule has 25 heavy (non-hydrogen) atoms. The van der Waals surface area contributed by atoms with Gasteiger partial charge in [0.05, 0.1) is 21.3 Å². The van der Waals surface area contributed by atoms with Crippen LogP contribution in [-0.2, 0) is 10.0 Å². The zero-order valence-corrected chi connectivity index (χ0v) is 16.4. The summed E-state index contributed by atoms with van der Waals surface area (Å²) in [6.07, 6.45) is 1.06. The Morgan fingerprint density at radius 1 is 1.24 bits per heavy atom. The minimum atomic E-state index is -3.71. The maximum atomic E-state index is 11.4. The van der Waals surface area contributed by atoms with Crippen LogP contribution in [0.15, 0.2) is 34.2 Å². The van der Waals surface area contributed by atoms with Gasteiger partial charge in [0.2, 0.25) is 10.0 Å². The first-order valence-corrected chi connectivity index (χ1v) is 10.5. The van der Waals surface area contributed by atoms with Crippen LogP contribution >= 0.6 is 11.8 Å². The highest BCUT2D eigenvalue weighted by Crippen LogP contribution is 2.46. The van der Waals surface area contributed by atoms with Gasteiger partial charge in [-0.25, -0.2) is 23.2 Å². The monoisotopic (exact) mass is 378 g/mol. The number of hydrogen-bond donors (Lipinski definition) is 1. The van der Waals surface area contributed by atoms with Gasteiger partial charge in [-0.3, -0.25) is 0 Å². The molecule has 6 nitrogen and oxygen atoms in total. The fraction of sp³-hybridized carbons (Fsp3) is 0.412. The van der Waals surface area contributed by atoms with Gasteiger partial charge in [0, 0.05) is 10.8 Å². The summed E-state index contributed by atoms with van der Waals surface area (Å²) in [6, 6.07) is 6.40. The van der Waals surface area contributed by atoms with Crippen LogP contribution in [0.5, 0.6) is 0 Å². The number of sulfonamides is 1. The number of rotatable bonds is 4. The molecule has 0 amide bonds. The molecule has 1 unspecified atom stereocenters. The lowest BCUT2D eigenvalue weighted by molar-refractivity contribution is 0.579. The molecule has 0 aliphatic carbocycles. The number of hydrogen-bond acceptors (Lipinski definition) is 5. The summed E-state index contributed by atoms with van der Waals surface area (Å²) in [4.78, 5) is 4.79. The Morgan fingerprint density at radius 2 is 1.88 bits per heavy atom. The molecule has 2 heterocycles. The molecule has 2 N–H and O–H groups in total. The minimum absolute atomic E-state index is 0.0851. The number of thioether (sulfide) groups is 1. The average molecular weight is 379 g/mol. The highest BCUT2D eigenvalue weighted by Gasteiger charge is 2.29. The highest BCUT2D eigenvalue weighted by molar-refractivity contribution is 8.14. The summed E-state index contributed by atoms with van der Waals surface area (Å²) >= 11 is 1.79. The number of primary sulfonamides is 1. The SMILES string of the molecule is CC1=Nc2c(c(C)nn2-c2ccc(S(N)(=O)=O)cc2)C(CC(C)C)S1. The third kappa shape index (κ3) is 3.65. The number of benzene rings is 1. The van der Waals surface area contributed by atoms with Crippen molar-refractivity contribution in [1.29, 1.82) is 0 Å². The van der Waals surface area contributed by atoms with Crippen molar-refractivity contribution in [3.8, 4) is 5.69 Å². The van der Waals surface area contributed by atoms with E-state index < -0.39 is 10.0 Å². The summed E-state index contributed by atoms with van der Waals surface area (Å²) in [5.74, 6) is 1.41. The van der Waals surface area contributed by atoms with E-state index in [1.165, 1.54) is 17.7 Å². The summed E-state index contributed by atoms with van der Waals surface area (Å²) < 4.78 is 24.7. The summed E-state index contributed by atoms with van der Waals surface area (Å²) in [7, 11) is -3.71. The largest absolute Gasteiger partial charge is 0.238 e. The van der Waals surface area contributed by atoms with Crippen LogP contribution in [0.3, 0.4) is 0 Å². The Balaban J connectivity index is 2.08. The van der Waals surface area contributed by atoms with Gasteiger partial charge in [0.1, 0.15) is 0 Å². The van der Waals surface area contributed by atoms with Crippen molar-refractivity contribution in [3.63, 3.8) is 0 Å². The van der Waals surface area contributed by atoms with Crippen molar-refractivity contribution < 1.29 is 8.42 Å². The number of aromatic nitrogens is 2. The van der Waals surface area contributed by atoms with Crippen molar-refractivity contribution >= 4 is 32.6 Å². The van der Waals surface area contributed by atoms with Crippen molar-refractivity contribution in [2.24, 2.45) is 16.0 Å². The van der Waals surface area contributed by atoms with E-state index in [1.54, 1.807) is 28.6 Å². The normalized spacial score (nSPS) is 17.5. The number of aryl methyl sites for hydroxylation is 1. The number of fused-ring (bicyclic) bond motifs is 1. The Bertz CT molecular complexity index is 928. The van der Waals surface area contributed by atoms with Crippen LogP contribution in [0.1, 0.15) is 43.7 Å². The molecule has 0 fully saturated rings. The molecule has 1 aromatic carbocycles. The smallest absolute Gasteiger partial charge is 0.227 e. The van der Waals surface area contributed by atoms with Gasteiger partial charge >= 0.3 is 0 Å². The van der Waals surface area contributed by atoms with Gasteiger partial charge in [0.15, 0.2) is 5.82 Å². The lowest BCUT2D eigenvalue weighted by Gasteiger charge is -2.23. The van der Waals surface area contributed by atoms with Gasteiger partial charge in [-0.2, -0.15) is 5.10 Å². The predicted octanol–water partition coefficient (Wildman–Crippen LogP) is 3.71. The van der Waals surface area contributed by atoms with Crippen molar-refractivity contribution in [3.05, 3.63) is 35.5 Å². The molecule has 0 saturated carbocycles. The molecular formula is C17H22N4O2S2. The Hall–Kier alpha value is -1.64. The van der Waals surface area contributed by atoms with Crippen LogP contribution in [0.25, 0.3) is 5.69 Å². The first kappa shape index (κ1) is 18.2. The van der Waals surface area contributed by atoms with Crippen LogP contribution in [0, 0.1) is 12.8 Å². The first-order chi connectivity index (χ1) is 11.7. The minimum Gasteiger partial charge on any atom is -0.227 e. The number of aliphatic imine (C=N–C) groups is 1. The third-order valence-electron chi connectivity index (χ3n) is 4.07. The topological polar surface area (TPSA) is 90.3 Å². The second kappa shape index (κ2) is 6.59. The van der Waals surface area contributed by atoms with Crippen LogP contribution in [0.2, 0.25) is 0 Å². The standard InChI is InChI=1S/C17H22N4O2S2/c1-10(2)9-15-16-11(3)20-21(17(16)19-12(4)24-15)13-5-7-14(8-6-13)25(18,22)23/h5-8,10,15H,9H2,1-4H3,(H2,18,22,23). The molecule has 0 spiro atoms. The zero-order valence-electron chi connectivity index (χ0n) is 14.7.